The highest BCUT2D eigenvalue weighted by Crippen LogP contribution is 2.35. The van der Waals surface area contributed by atoms with Gasteiger partial charge in [-0.2, -0.15) is 0 Å². The van der Waals surface area contributed by atoms with Gasteiger partial charge in [-0.15, -0.1) is 6.58 Å². The molecule has 4 nitrogen and oxygen atoms in total. The molecule has 0 aliphatic carbocycles. The molecule has 2 heterocycles. The Hall–Kier alpha value is -0.920. The smallest absolute Gasteiger partial charge is 0.177 e. The number of benzene rings is 1. The Morgan fingerprint density at radius 3 is 2.76 bits per heavy atom. The van der Waals surface area contributed by atoms with Crippen LogP contribution in [0.3, 0.4) is 0 Å². The lowest BCUT2D eigenvalue weighted by atomic mass is 10.1. The summed E-state index contributed by atoms with van der Waals surface area (Å²) >= 11 is 9.03. The maximum Gasteiger partial charge on any atom is 0.177 e. The summed E-state index contributed by atoms with van der Waals surface area (Å²) in [6, 6.07) is 7.59. The van der Waals surface area contributed by atoms with Gasteiger partial charge in [-0.3, -0.25) is 0 Å². The maximum absolute atomic E-state index is 12.0. The first-order valence-electron chi connectivity index (χ1n) is 6.59. The first kappa shape index (κ1) is 15.0. The van der Waals surface area contributed by atoms with Gasteiger partial charge in [-0.25, -0.2) is 8.42 Å². The van der Waals surface area contributed by atoms with Crippen LogP contribution in [0, 0.1) is 0 Å². The van der Waals surface area contributed by atoms with Crippen molar-refractivity contribution in [2.75, 3.05) is 23.0 Å². The first-order valence-corrected chi connectivity index (χ1v) is 9.62. The van der Waals surface area contributed by atoms with Crippen molar-refractivity contribution in [2.45, 2.75) is 12.1 Å². The minimum absolute atomic E-state index is 0.0838. The molecule has 2 saturated heterocycles. The molecule has 2 aliphatic heterocycles. The van der Waals surface area contributed by atoms with Crippen molar-refractivity contribution in [3.63, 3.8) is 0 Å². The van der Waals surface area contributed by atoms with Crippen molar-refractivity contribution in [3.05, 3.63) is 41.4 Å². The van der Waals surface area contributed by atoms with Crippen LogP contribution in [0.1, 0.15) is 0 Å². The molecule has 21 heavy (non-hydrogen) atoms. The quantitative estimate of drug-likeness (QED) is 0.588. The zero-order chi connectivity index (χ0) is 15.2. The maximum atomic E-state index is 12.0. The lowest BCUT2D eigenvalue weighted by Crippen LogP contribution is -2.37. The van der Waals surface area contributed by atoms with Gasteiger partial charge in [0, 0.05) is 16.7 Å². The second kappa shape index (κ2) is 5.37. The van der Waals surface area contributed by atoms with Crippen LogP contribution in [0.5, 0.6) is 0 Å². The van der Waals surface area contributed by atoms with Crippen molar-refractivity contribution in [1.82, 2.24) is 4.90 Å². The van der Waals surface area contributed by atoms with E-state index >= 15 is 0 Å². The normalized spacial score (nSPS) is 27.0. The summed E-state index contributed by atoms with van der Waals surface area (Å²) in [5.41, 5.74) is 0.924. The molecule has 2 atom stereocenters. The van der Waals surface area contributed by atoms with E-state index in [0.717, 1.165) is 10.2 Å². The van der Waals surface area contributed by atoms with Crippen LogP contribution in [-0.4, -0.2) is 48.6 Å². The number of thiocarbonyl (C=S) groups is 1. The molecule has 0 spiro atoms. The molecule has 0 amide bonds. The third-order valence-corrected chi connectivity index (χ3v) is 6.51. The number of hydrogen-bond donors (Lipinski definition) is 0. The van der Waals surface area contributed by atoms with E-state index in [0.29, 0.717) is 11.7 Å². The van der Waals surface area contributed by atoms with E-state index in [1.165, 1.54) is 0 Å². The number of halogens is 1. The summed E-state index contributed by atoms with van der Waals surface area (Å²) in [7, 11) is -3.02. The second-order valence-electron chi connectivity index (χ2n) is 5.29. The van der Waals surface area contributed by atoms with E-state index in [1.807, 2.05) is 34.1 Å². The molecule has 0 bridgehead atoms. The fourth-order valence-electron chi connectivity index (χ4n) is 3.06. The second-order valence-corrected chi connectivity index (χ2v) is 8.72. The lowest BCUT2D eigenvalue weighted by Gasteiger charge is -2.25. The molecule has 112 valence electrons. The topological polar surface area (TPSA) is 40.6 Å². The summed E-state index contributed by atoms with van der Waals surface area (Å²) in [6.45, 7) is 4.31. The molecule has 0 saturated carbocycles. The van der Waals surface area contributed by atoms with Gasteiger partial charge in [-0.05, 0) is 30.4 Å². The highest BCUT2D eigenvalue weighted by Gasteiger charge is 2.51. The molecule has 0 N–H and O–H groups in total. The number of fused-ring (bicyclic) bond motifs is 1. The average molecular weight is 387 g/mol. The third-order valence-electron chi connectivity index (χ3n) is 3.89. The van der Waals surface area contributed by atoms with Gasteiger partial charge in [-0.1, -0.05) is 28.1 Å². The zero-order valence-corrected chi connectivity index (χ0v) is 14.5. The summed E-state index contributed by atoms with van der Waals surface area (Å²) in [5, 5.41) is 0.679. The molecule has 2 fully saturated rings. The molecule has 1 aromatic carbocycles. The fraction of sp³-hybridized carbons (Fsp3) is 0.357. The monoisotopic (exact) mass is 386 g/mol. The molecule has 3 rings (SSSR count). The number of anilines is 1. The van der Waals surface area contributed by atoms with Crippen LogP contribution in [0.15, 0.2) is 41.4 Å². The Balaban J connectivity index is 2.03. The molecular formula is C14H15BrN2O2S2. The highest BCUT2D eigenvalue weighted by molar-refractivity contribution is 9.10. The van der Waals surface area contributed by atoms with Crippen LogP contribution in [0.25, 0.3) is 0 Å². The van der Waals surface area contributed by atoms with E-state index in [-0.39, 0.29) is 23.6 Å². The van der Waals surface area contributed by atoms with Crippen molar-refractivity contribution in [3.8, 4) is 0 Å². The molecule has 0 aromatic heterocycles. The Morgan fingerprint density at radius 1 is 1.38 bits per heavy atom. The predicted molar refractivity (Wildman–Crippen MR) is 92.4 cm³/mol. The molecule has 0 radical (unpaired) electrons. The Morgan fingerprint density at radius 2 is 2.10 bits per heavy atom. The van der Waals surface area contributed by atoms with Crippen LogP contribution in [0.2, 0.25) is 0 Å². The van der Waals surface area contributed by atoms with Gasteiger partial charge in [0.25, 0.3) is 0 Å². The summed E-state index contributed by atoms with van der Waals surface area (Å²) in [6.07, 6.45) is 1.76. The highest BCUT2D eigenvalue weighted by atomic mass is 79.9. The summed E-state index contributed by atoms with van der Waals surface area (Å²) in [5.74, 6) is 0.314. The zero-order valence-electron chi connectivity index (χ0n) is 11.3. The van der Waals surface area contributed by atoms with Crippen LogP contribution in [-0.2, 0) is 9.84 Å². The predicted octanol–water partition coefficient (Wildman–Crippen LogP) is 2.21. The minimum atomic E-state index is -3.02. The van der Waals surface area contributed by atoms with Crippen molar-refractivity contribution in [1.29, 1.82) is 0 Å². The Bertz CT molecular complexity index is 705. The van der Waals surface area contributed by atoms with Gasteiger partial charge in [0.2, 0.25) is 0 Å². The van der Waals surface area contributed by atoms with Gasteiger partial charge in [0.15, 0.2) is 14.9 Å². The van der Waals surface area contributed by atoms with E-state index in [9.17, 15) is 8.42 Å². The average Bonchev–Trinajstić information content (AvgIpc) is 2.82. The molecular weight excluding hydrogens is 372 g/mol. The van der Waals surface area contributed by atoms with Crippen molar-refractivity contribution in [2.24, 2.45) is 0 Å². The van der Waals surface area contributed by atoms with Crippen LogP contribution in [0.4, 0.5) is 5.69 Å². The number of sulfone groups is 1. The van der Waals surface area contributed by atoms with E-state index < -0.39 is 9.84 Å². The van der Waals surface area contributed by atoms with E-state index in [1.54, 1.807) is 6.08 Å². The van der Waals surface area contributed by atoms with Crippen molar-refractivity contribution >= 4 is 48.8 Å². The van der Waals surface area contributed by atoms with Crippen molar-refractivity contribution < 1.29 is 8.42 Å². The number of rotatable bonds is 3. The first-order chi connectivity index (χ1) is 9.93. The molecule has 2 aliphatic rings. The van der Waals surface area contributed by atoms with Crippen LogP contribution >= 0.6 is 28.1 Å². The van der Waals surface area contributed by atoms with Gasteiger partial charge >= 0.3 is 0 Å². The third kappa shape index (κ3) is 2.62. The van der Waals surface area contributed by atoms with E-state index in [2.05, 4.69) is 22.5 Å². The summed E-state index contributed by atoms with van der Waals surface area (Å²) < 4.78 is 25.0. The van der Waals surface area contributed by atoms with Gasteiger partial charge in [0.1, 0.15) is 0 Å². The fourth-order valence-corrected chi connectivity index (χ4v) is 5.85. The van der Waals surface area contributed by atoms with Gasteiger partial charge < -0.3 is 9.80 Å². The lowest BCUT2D eigenvalue weighted by molar-refractivity contribution is 0.389. The van der Waals surface area contributed by atoms with Gasteiger partial charge in [0.05, 0.1) is 23.6 Å². The minimum Gasteiger partial charge on any atom is -0.339 e. The molecule has 7 heteroatoms. The van der Waals surface area contributed by atoms with E-state index in [4.69, 9.17) is 12.2 Å². The standard InChI is InChI=1S/C14H15BrN2O2S2/c1-2-6-16-12-8-21(18,19)9-13(12)17(14(16)20)11-5-3-4-10(15)7-11/h2-5,7,12-13H,1,6,8-9H2. The molecule has 1 aromatic rings. The van der Waals surface area contributed by atoms with Crippen LogP contribution < -0.4 is 4.90 Å². The SMILES string of the molecule is C=CCN1C(=S)N(c2cccc(Br)c2)C2CS(=O)(=O)CC21. The summed E-state index contributed by atoms with van der Waals surface area (Å²) in [4.78, 5) is 3.94. The molecule has 2 unspecified atom stereocenters. The largest absolute Gasteiger partial charge is 0.339 e. The Labute approximate surface area is 138 Å². The number of hydrogen-bond acceptors (Lipinski definition) is 3. The number of nitrogens with zero attached hydrogens (tertiary/aromatic N) is 2. The Kier molecular flexibility index (Phi) is 3.83.